The van der Waals surface area contributed by atoms with Crippen LogP contribution in [-0.2, 0) is 9.84 Å². The van der Waals surface area contributed by atoms with E-state index in [4.69, 9.17) is 5.26 Å². The summed E-state index contributed by atoms with van der Waals surface area (Å²) in [5.41, 5.74) is 3.02. The number of hydrogen-bond donors (Lipinski definition) is 1. The van der Waals surface area contributed by atoms with E-state index in [1.54, 1.807) is 60.7 Å². The maximum atomic E-state index is 12.8. The summed E-state index contributed by atoms with van der Waals surface area (Å²) in [6.07, 6.45) is 0. The maximum Gasteiger partial charge on any atom is 0.206 e. The van der Waals surface area contributed by atoms with Crippen molar-refractivity contribution in [1.29, 1.82) is 5.26 Å². The van der Waals surface area contributed by atoms with Gasteiger partial charge in [0.15, 0.2) is 0 Å². The van der Waals surface area contributed by atoms with Crippen molar-refractivity contribution in [3.63, 3.8) is 0 Å². The molecule has 0 saturated carbocycles. The van der Waals surface area contributed by atoms with Crippen molar-refractivity contribution in [2.45, 2.75) is 22.6 Å². The first-order valence-electron chi connectivity index (χ1n) is 8.79. The lowest BCUT2D eigenvalue weighted by molar-refractivity contribution is 0.596. The Kier molecular flexibility index (Phi) is 4.46. The average molecular weight is 387 g/mol. The quantitative estimate of drug-likeness (QED) is 0.561. The number of fused-ring (bicyclic) bond motifs is 1. The van der Waals surface area contributed by atoms with Crippen LogP contribution in [-0.4, -0.2) is 18.4 Å². The second kappa shape index (κ2) is 6.95. The van der Waals surface area contributed by atoms with Gasteiger partial charge in [-0.25, -0.2) is 13.4 Å². The van der Waals surface area contributed by atoms with Crippen LogP contribution in [0.1, 0.15) is 29.8 Å². The van der Waals surface area contributed by atoms with Crippen LogP contribution < -0.4 is 0 Å². The fourth-order valence-corrected chi connectivity index (χ4v) is 4.43. The number of rotatable bonds is 4. The molecule has 6 heteroatoms. The molecule has 138 valence electrons. The van der Waals surface area contributed by atoms with E-state index in [2.05, 4.69) is 16.0 Å². The standard InChI is InChI=1S/C22H17N3O2S/c1-15(17-9-7-16(14-23)8-10-17)22-24-20-12-11-19(13-21(20)25-22)28(26,27)18-5-3-2-4-6-18/h2-13,15H,1H3,(H,24,25). The van der Waals surface area contributed by atoms with Gasteiger partial charge in [-0.15, -0.1) is 0 Å². The normalized spacial score (nSPS) is 12.6. The highest BCUT2D eigenvalue weighted by Crippen LogP contribution is 2.27. The number of aromatic nitrogens is 2. The number of aromatic amines is 1. The number of hydrogen-bond acceptors (Lipinski definition) is 4. The molecule has 0 amide bonds. The van der Waals surface area contributed by atoms with Crippen LogP contribution >= 0.6 is 0 Å². The lowest BCUT2D eigenvalue weighted by atomic mass is 9.99. The Morgan fingerprint density at radius 3 is 2.36 bits per heavy atom. The number of benzene rings is 3. The molecule has 3 aromatic carbocycles. The van der Waals surface area contributed by atoms with Crippen LogP contribution in [0.25, 0.3) is 11.0 Å². The first-order chi connectivity index (χ1) is 13.5. The van der Waals surface area contributed by atoms with E-state index in [1.165, 1.54) is 0 Å². The van der Waals surface area contributed by atoms with E-state index in [-0.39, 0.29) is 15.7 Å². The van der Waals surface area contributed by atoms with Crippen LogP contribution in [0.5, 0.6) is 0 Å². The zero-order chi connectivity index (χ0) is 19.7. The highest BCUT2D eigenvalue weighted by Gasteiger charge is 2.19. The maximum absolute atomic E-state index is 12.8. The molecule has 0 aliphatic rings. The van der Waals surface area contributed by atoms with Crippen molar-refractivity contribution in [3.05, 3.63) is 89.7 Å². The summed E-state index contributed by atoms with van der Waals surface area (Å²) in [6, 6.07) is 22.8. The van der Waals surface area contributed by atoms with Gasteiger partial charge in [0.25, 0.3) is 0 Å². The van der Waals surface area contributed by atoms with E-state index in [1.807, 2.05) is 19.1 Å². The van der Waals surface area contributed by atoms with Gasteiger partial charge in [-0.05, 0) is 48.0 Å². The predicted octanol–water partition coefficient (Wildman–Crippen LogP) is 4.42. The molecule has 0 saturated heterocycles. The summed E-state index contributed by atoms with van der Waals surface area (Å²) in [4.78, 5) is 8.35. The fraction of sp³-hybridized carbons (Fsp3) is 0.0909. The summed E-state index contributed by atoms with van der Waals surface area (Å²) in [6.45, 7) is 2.01. The second-order valence-corrected chi connectivity index (χ2v) is 8.52. The third kappa shape index (κ3) is 3.17. The molecular weight excluding hydrogens is 370 g/mol. The van der Waals surface area contributed by atoms with Gasteiger partial charge in [0.2, 0.25) is 9.84 Å². The van der Waals surface area contributed by atoms with E-state index in [9.17, 15) is 8.42 Å². The zero-order valence-electron chi connectivity index (χ0n) is 15.1. The number of sulfone groups is 1. The van der Waals surface area contributed by atoms with Gasteiger partial charge in [0.1, 0.15) is 5.82 Å². The minimum Gasteiger partial charge on any atom is -0.341 e. The number of nitrogens with one attached hydrogen (secondary N) is 1. The Hall–Kier alpha value is -3.43. The third-order valence-electron chi connectivity index (χ3n) is 4.79. The Labute approximate surface area is 163 Å². The second-order valence-electron chi connectivity index (χ2n) is 6.57. The van der Waals surface area contributed by atoms with Crippen molar-refractivity contribution in [1.82, 2.24) is 9.97 Å². The first-order valence-corrected chi connectivity index (χ1v) is 10.3. The predicted molar refractivity (Wildman–Crippen MR) is 107 cm³/mol. The Balaban J connectivity index is 1.71. The molecule has 1 atom stereocenters. The molecule has 28 heavy (non-hydrogen) atoms. The van der Waals surface area contributed by atoms with E-state index in [0.717, 1.165) is 11.4 Å². The molecule has 1 heterocycles. The highest BCUT2D eigenvalue weighted by molar-refractivity contribution is 7.91. The van der Waals surface area contributed by atoms with E-state index < -0.39 is 9.84 Å². The number of nitrogens with zero attached hydrogens (tertiary/aromatic N) is 2. The van der Waals surface area contributed by atoms with Crippen molar-refractivity contribution in [3.8, 4) is 6.07 Å². The third-order valence-corrected chi connectivity index (χ3v) is 6.55. The summed E-state index contributed by atoms with van der Waals surface area (Å²) < 4.78 is 25.7. The van der Waals surface area contributed by atoms with Gasteiger partial charge in [-0.1, -0.05) is 37.3 Å². The van der Waals surface area contributed by atoms with Gasteiger partial charge in [0.05, 0.1) is 32.5 Å². The monoisotopic (exact) mass is 387 g/mol. The smallest absolute Gasteiger partial charge is 0.206 e. The number of H-pyrrole nitrogens is 1. The molecule has 5 nitrogen and oxygen atoms in total. The molecule has 0 fully saturated rings. The Morgan fingerprint density at radius 2 is 1.68 bits per heavy atom. The summed E-state index contributed by atoms with van der Waals surface area (Å²) in [5.74, 6) is 0.725. The molecular formula is C22H17N3O2S. The van der Waals surface area contributed by atoms with Crippen LogP contribution in [0.4, 0.5) is 0 Å². The first kappa shape index (κ1) is 18.0. The van der Waals surface area contributed by atoms with E-state index in [0.29, 0.717) is 16.6 Å². The molecule has 1 aromatic heterocycles. The number of nitriles is 1. The summed E-state index contributed by atoms with van der Waals surface area (Å²) >= 11 is 0. The van der Waals surface area contributed by atoms with Gasteiger partial charge >= 0.3 is 0 Å². The highest BCUT2D eigenvalue weighted by atomic mass is 32.2. The SMILES string of the molecule is CC(c1ccc(C#N)cc1)c1nc2ccc(S(=O)(=O)c3ccccc3)cc2[nH]1. The van der Waals surface area contributed by atoms with Crippen molar-refractivity contribution < 1.29 is 8.42 Å². The van der Waals surface area contributed by atoms with Gasteiger partial charge in [0, 0.05) is 5.92 Å². The van der Waals surface area contributed by atoms with Crippen molar-refractivity contribution >= 4 is 20.9 Å². The largest absolute Gasteiger partial charge is 0.341 e. The van der Waals surface area contributed by atoms with Gasteiger partial charge in [-0.3, -0.25) is 0 Å². The molecule has 0 radical (unpaired) electrons. The zero-order valence-corrected chi connectivity index (χ0v) is 15.9. The molecule has 0 aliphatic carbocycles. The molecule has 0 aliphatic heterocycles. The molecule has 1 unspecified atom stereocenters. The lowest BCUT2D eigenvalue weighted by Crippen LogP contribution is -2.01. The molecule has 0 spiro atoms. The van der Waals surface area contributed by atoms with Crippen LogP contribution in [0.3, 0.4) is 0 Å². The molecule has 4 rings (SSSR count). The van der Waals surface area contributed by atoms with Gasteiger partial charge < -0.3 is 4.98 Å². The molecule has 4 aromatic rings. The molecule has 1 N–H and O–H groups in total. The fourth-order valence-electron chi connectivity index (χ4n) is 3.12. The Morgan fingerprint density at radius 1 is 0.964 bits per heavy atom. The Bertz CT molecular complexity index is 1290. The summed E-state index contributed by atoms with van der Waals surface area (Å²) in [5, 5.41) is 8.94. The summed E-state index contributed by atoms with van der Waals surface area (Å²) in [7, 11) is -3.58. The lowest BCUT2D eigenvalue weighted by Gasteiger charge is -2.08. The van der Waals surface area contributed by atoms with Gasteiger partial charge in [-0.2, -0.15) is 5.26 Å². The van der Waals surface area contributed by atoms with Crippen molar-refractivity contribution in [2.24, 2.45) is 0 Å². The minimum absolute atomic E-state index is 0.0191. The van der Waals surface area contributed by atoms with E-state index >= 15 is 0 Å². The van der Waals surface area contributed by atoms with Crippen molar-refractivity contribution in [2.75, 3.05) is 0 Å². The molecule has 0 bridgehead atoms. The topological polar surface area (TPSA) is 86.6 Å². The van der Waals surface area contributed by atoms with Crippen LogP contribution in [0, 0.1) is 11.3 Å². The van der Waals surface area contributed by atoms with Crippen LogP contribution in [0.15, 0.2) is 82.6 Å². The minimum atomic E-state index is -3.58. The van der Waals surface area contributed by atoms with Crippen LogP contribution in [0.2, 0.25) is 0 Å². The average Bonchev–Trinajstić information content (AvgIpc) is 3.17. The number of imidazole rings is 1.